The number of nitrogens with zero attached hydrogens (tertiary/aromatic N) is 2. The second-order valence-corrected chi connectivity index (χ2v) is 9.05. The highest BCUT2D eigenvalue weighted by atomic mass is 79.9. The van der Waals surface area contributed by atoms with Gasteiger partial charge in [-0.1, -0.05) is 29.8 Å². The molecule has 0 spiro atoms. The minimum atomic E-state index is -0.0135. The first-order chi connectivity index (χ1) is 15.5. The molecule has 0 N–H and O–H groups in total. The minimum Gasteiger partial charge on any atom is -0.492 e. The standard InChI is InChI=1S/C26H24BrClN2O2/c1-18-9-14-24(22(27)17-18)32-16-6-2-5-15-30-25(19-10-12-20(28)13-11-19)29-23-8-4-3-7-21(23)26(30)31/h3-4,7-14,17H,2,5-6,15-16H2,1H3. The van der Waals surface area contributed by atoms with Crippen LogP contribution in [0.1, 0.15) is 24.8 Å². The Balaban J connectivity index is 1.46. The van der Waals surface area contributed by atoms with Crippen LogP contribution in [-0.4, -0.2) is 16.2 Å². The van der Waals surface area contributed by atoms with Crippen LogP contribution in [0.15, 0.2) is 76.0 Å². The van der Waals surface area contributed by atoms with Crippen LogP contribution >= 0.6 is 27.5 Å². The van der Waals surface area contributed by atoms with Gasteiger partial charge >= 0.3 is 0 Å². The highest BCUT2D eigenvalue weighted by Crippen LogP contribution is 2.26. The van der Waals surface area contributed by atoms with Crippen molar-refractivity contribution in [1.29, 1.82) is 0 Å². The Labute approximate surface area is 201 Å². The lowest BCUT2D eigenvalue weighted by Gasteiger charge is -2.14. The minimum absolute atomic E-state index is 0.0135. The van der Waals surface area contributed by atoms with E-state index in [0.717, 1.165) is 35.0 Å². The molecular weight excluding hydrogens is 488 g/mol. The van der Waals surface area contributed by atoms with E-state index in [0.29, 0.717) is 34.9 Å². The Morgan fingerprint density at radius 1 is 1.00 bits per heavy atom. The molecule has 6 heteroatoms. The van der Waals surface area contributed by atoms with Gasteiger partial charge in [-0.2, -0.15) is 0 Å². The van der Waals surface area contributed by atoms with Crippen molar-refractivity contribution in [3.63, 3.8) is 0 Å². The van der Waals surface area contributed by atoms with Gasteiger partial charge in [0.05, 0.1) is 22.0 Å². The van der Waals surface area contributed by atoms with E-state index in [2.05, 4.69) is 22.9 Å². The van der Waals surface area contributed by atoms with Gasteiger partial charge in [0, 0.05) is 17.1 Å². The number of halogens is 2. The number of unbranched alkanes of at least 4 members (excludes halogenated alkanes) is 2. The summed E-state index contributed by atoms with van der Waals surface area (Å²) in [6, 6.07) is 21.0. The first kappa shape index (κ1) is 22.6. The van der Waals surface area contributed by atoms with Crippen molar-refractivity contribution in [3.8, 4) is 17.1 Å². The van der Waals surface area contributed by atoms with Gasteiger partial charge in [-0.15, -0.1) is 0 Å². The molecule has 164 valence electrons. The quantitative estimate of drug-likeness (QED) is 0.238. The Bertz CT molecular complexity index is 1290. The van der Waals surface area contributed by atoms with Crippen molar-refractivity contribution in [1.82, 2.24) is 9.55 Å². The summed E-state index contributed by atoms with van der Waals surface area (Å²) in [6.45, 7) is 3.29. The zero-order valence-corrected chi connectivity index (χ0v) is 20.2. The van der Waals surface area contributed by atoms with Crippen LogP contribution in [0.5, 0.6) is 5.75 Å². The first-order valence-electron chi connectivity index (χ1n) is 10.7. The van der Waals surface area contributed by atoms with Crippen LogP contribution in [0.25, 0.3) is 22.3 Å². The SMILES string of the molecule is Cc1ccc(OCCCCCn2c(-c3ccc(Cl)cc3)nc3ccccc3c2=O)c(Br)c1. The second-order valence-electron chi connectivity index (χ2n) is 7.76. The zero-order chi connectivity index (χ0) is 22.5. The molecule has 0 unspecified atom stereocenters. The maximum absolute atomic E-state index is 13.2. The summed E-state index contributed by atoms with van der Waals surface area (Å²) < 4.78 is 8.64. The number of ether oxygens (including phenoxy) is 1. The van der Waals surface area contributed by atoms with E-state index in [4.69, 9.17) is 21.3 Å². The molecule has 0 bridgehead atoms. The molecule has 0 fully saturated rings. The molecule has 0 saturated heterocycles. The second kappa shape index (κ2) is 10.3. The Hall–Kier alpha value is -2.63. The lowest BCUT2D eigenvalue weighted by atomic mass is 10.1. The van der Waals surface area contributed by atoms with Gasteiger partial charge in [-0.3, -0.25) is 9.36 Å². The van der Waals surface area contributed by atoms with Gasteiger partial charge in [-0.05, 0) is 96.2 Å². The molecule has 1 aromatic heterocycles. The summed E-state index contributed by atoms with van der Waals surface area (Å²) >= 11 is 9.60. The van der Waals surface area contributed by atoms with Gasteiger partial charge in [0.25, 0.3) is 5.56 Å². The van der Waals surface area contributed by atoms with E-state index < -0.39 is 0 Å². The predicted molar refractivity (Wildman–Crippen MR) is 135 cm³/mol. The van der Waals surface area contributed by atoms with E-state index in [1.807, 2.05) is 66.7 Å². The van der Waals surface area contributed by atoms with Gasteiger partial charge in [0.2, 0.25) is 0 Å². The van der Waals surface area contributed by atoms with Crippen molar-refractivity contribution in [3.05, 3.63) is 92.1 Å². The lowest BCUT2D eigenvalue weighted by molar-refractivity contribution is 0.302. The fourth-order valence-corrected chi connectivity index (χ4v) is 4.38. The molecule has 0 radical (unpaired) electrons. The van der Waals surface area contributed by atoms with E-state index in [1.165, 1.54) is 5.56 Å². The molecule has 0 atom stereocenters. The van der Waals surface area contributed by atoms with E-state index in [-0.39, 0.29) is 5.56 Å². The molecule has 0 amide bonds. The number of aromatic nitrogens is 2. The van der Waals surface area contributed by atoms with Crippen LogP contribution < -0.4 is 10.3 Å². The van der Waals surface area contributed by atoms with Gasteiger partial charge in [0.15, 0.2) is 0 Å². The van der Waals surface area contributed by atoms with Gasteiger partial charge in [0.1, 0.15) is 11.6 Å². The first-order valence-corrected chi connectivity index (χ1v) is 11.8. The molecule has 4 rings (SSSR count). The van der Waals surface area contributed by atoms with Crippen molar-refractivity contribution >= 4 is 38.4 Å². The van der Waals surface area contributed by atoms with Crippen molar-refractivity contribution in [2.45, 2.75) is 32.7 Å². The van der Waals surface area contributed by atoms with Crippen LogP contribution in [0, 0.1) is 6.92 Å². The maximum Gasteiger partial charge on any atom is 0.261 e. The Kier molecular flexibility index (Phi) is 7.28. The summed E-state index contributed by atoms with van der Waals surface area (Å²) in [5.41, 5.74) is 2.76. The average Bonchev–Trinajstić information content (AvgIpc) is 2.79. The summed E-state index contributed by atoms with van der Waals surface area (Å²) in [4.78, 5) is 18.0. The van der Waals surface area contributed by atoms with Crippen LogP contribution in [-0.2, 0) is 6.54 Å². The van der Waals surface area contributed by atoms with Crippen LogP contribution in [0.3, 0.4) is 0 Å². The molecule has 0 aliphatic heterocycles. The Morgan fingerprint density at radius 2 is 1.78 bits per heavy atom. The van der Waals surface area contributed by atoms with E-state index in [1.54, 1.807) is 4.57 Å². The predicted octanol–water partition coefficient (Wildman–Crippen LogP) is 7.04. The lowest BCUT2D eigenvalue weighted by Crippen LogP contribution is -2.23. The van der Waals surface area contributed by atoms with Crippen molar-refractivity contribution < 1.29 is 4.74 Å². The highest BCUT2D eigenvalue weighted by Gasteiger charge is 2.12. The third-order valence-electron chi connectivity index (χ3n) is 5.34. The van der Waals surface area contributed by atoms with Crippen LogP contribution in [0.4, 0.5) is 0 Å². The zero-order valence-electron chi connectivity index (χ0n) is 17.9. The smallest absolute Gasteiger partial charge is 0.261 e. The topological polar surface area (TPSA) is 44.1 Å². The molecule has 32 heavy (non-hydrogen) atoms. The molecule has 4 nitrogen and oxygen atoms in total. The Morgan fingerprint density at radius 3 is 2.56 bits per heavy atom. The van der Waals surface area contributed by atoms with Crippen LogP contribution in [0.2, 0.25) is 5.02 Å². The molecule has 3 aromatic carbocycles. The largest absolute Gasteiger partial charge is 0.492 e. The molecular formula is C26H24BrClN2O2. The maximum atomic E-state index is 13.2. The number of aryl methyl sites for hydroxylation is 1. The summed E-state index contributed by atoms with van der Waals surface area (Å²) in [5, 5.41) is 1.29. The molecule has 0 saturated carbocycles. The van der Waals surface area contributed by atoms with E-state index >= 15 is 0 Å². The molecule has 1 heterocycles. The number of fused-ring (bicyclic) bond motifs is 1. The molecule has 0 aliphatic rings. The number of benzene rings is 3. The van der Waals surface area contributed by atoms with Gasteiger partial charge in [-0.25, -0.2) is 4.98 Å². The summed E-state index contributed by atoms with van der Waals surface area (Å²) in [6.07, 6.45) is 2.72. The third kappa shape index (κ3) is 5.22. The number of hydrogen-bond acceptors (Lipinski definition) is 3. The highest BCUT2D eigenvalue weighted by molar-refractivity contribution is 9.10. The summed E-state index contributed by atoms with van der Waals surface area (Å²) in [7, 11) is 0. The number of rotatable bonds is 8. The molecule has 0 aliphatic carbocycles. The fraction of sp³-hybridized carbons (Fsp3) is 0.231. The number of hydrogen-bond donors (Lipinski definition) is 0. The monoisotopic (exact) mass is 510 g/mol. The molecule has 4 aromatic rings. The van der Waals surface area contributed by atoms with Crippen molar-refractivity contribution in [2.24, 2.45) is 0 Å². The summed E-state index contributed by atoms with van der Waals surface area (Å²) in [5.74, 6) is 1.53. The average molecular weight is 512 g/mol. The fourth-order valence-electron chi connectivity index (χ4n) is 3.65. The van der Waals surface area contributed by atoms with Crippen molar-refractivity contribution in [2.75, 3.05) is 6.61 Å². The number of para-hydroxylation sites is 1. The third-order valence-corrected chi connectivity index (χ3v) is 6.21. The van der Waals surface area contributed by atoms with E-state index in [9.17, 15) is 4.79 Å². The van der Waals surface area contributed by atoms with Gasteiger partial charge < -0.3 is 4.74 Å². The normalized spacial score (nSPS) is 11.1.